The molecule has 0 atom stereocenters. The molecule has 0 fully saturated rings. The lowest BCUT2D eigenvalue weighted by atomic mass is 9.94. The Morgan fingerprint density at radius 1 is 1.08 bits per heavy atom. The number of amides is 1. The molecular formula is C15H13N3O7. The number of carbonyl (C=O) groups is 3. The smallest absolute Gasteiger partial charge is 0.342 e. The average molecular weight is 347 g/mol. The quantitative estimate of drug-likeness (QED) is 0.478. The SMILES string of the molecule is NC(=O)COc1ccccc1-c1c(C(=O)O)c(N)[nH]c(=O)c1C(=O)O. The number of anilines is 1. The molecule has 10 nitrogen and oxygen atoms in total. The molecule has 0 saturated carbocycles. The van der Waals surface area contributed by atoms with Gasteiger partial charge in [0.05, 0.1) is 0 Å². The summed E-state index contributed by atoms with van der Waals surface area (Å²) < 4.78 is 5.19. The van der Waals surface area contributed by atoms with E-state index >= 15 is 0 Å². The second-order valence-electron chi connectivity index (χ2n) is 4.85. The molecule has 0 spiro atoms. The third-order valence-corrected chi connectivity index (χ3v) is 3.20. The number of rotatable bonds is 6. The maximum absolute atomic E-state index is 12.0. The number of aromatic nitrogens is 1. The number of benzene rings is 1. The summed E-state index contributed by atoms with van der Waals surface area (Å²) in [7, 11) is 0. The highest BCUT2D eigenvalue weighted by Gasteiger charge is 2.28. The zero-order valence-corrected chi connectivity index (χ0v) is 12.6. The molecule has 0 saturated heterocycles. The van der Waals surface area contributed by atoms with E-state index in [4.69, 9.17) is 16.2 Å². The number of carboxylic acid groups (broad SMARTS) is 2. The van der Waals surface area contributed by atoms with Crippen molar-refractivity contribution in [2.45, 2.75) is 0 Å². The van der Waals surface area contributed by atoms with E-state index in [0.717, 1.165) is 0 Å². The largest absolute Gasteiger partial charge is 0.483 e. The van der Waals surface area contributed by atoms with Crippen molar-refractivity contribution in [3.05, 3.63) is 45.7 Å². The molecule has 0 aliphatic carbocycles. The predicted molar refractivity (Wildman–Crippen MR) is 85.5 cm³/mol. The molecule has 1 aromatic heterocycles. The van der Waals surface area contributed by atoms with Crippen LogP contribution in [-0.4, -0.2) is 39.6 Å². The van der Waals surface area contributed by atoms with Crippen molar-refractivity contribution in [3.63, 3.8) is 0 Å². The first-order chi connectivity index (χ1) is 11.7. The first-order valence-corrected chi connectivity index (χ1v) is 6.76. The molecule has 0 bridgehead atoms. The van der Waals surface area contributed by atoms with E-state index in [1.165, 1.54) is 24.3 Å². The van der Waals surface area contributed by atoms with Gasteiger partial charge in [-0.25, -0.2) is 9.59 Å². The summed E-state index contributed by atoms with van der Waals surface area (Å²) in [6.45, 7) is -0.527. The monoisotopic (exact) mass is 347 g/mol. The van der Waals surface area contributed by atoms with E-state index in [1.54, 1.807) is 0 Å². The molecule has 2 rings (SSSR count). The van der Waals surface area contributed by atoms with Crippen molar-refractivity contribution in [2.75, 3.05) is 12.3 Å². The molecule has 0 radical (unpaired) electrons. The summed E-state index contributed by atoms with van der Waals surface area (Å²) >= 11 is 0. The highest BCUT2D eigenvalue weighted by molar-refractivity contribution is 6.08. The van der Waals surface area contributed by atoms with Crippen LogP contribution in [0.2, 0.25) is 0 Å². The molecule has 1 aromatic carbocycles. The molecule has 2 aromatic rings. The maximum Gasteiger partial charge on any atom is 0.342 e. The number of para-hydroxylation sites is 1. The summed E-state index contributed by atoms with van der Waals surface area (Å²) in [4.78, 5) is 48.0. The van der Waals surface area contributed by atoms with E-state index in [-0.39, 0.29) is 11.3 Å². The van der Waals surface area contributed by atoms with Gasteiger partial charge in [-0.1, -0.05) is 18.2 Å². The molecular weight excluding hydrogens is 334 g/mol. The lowest BCUT2D eigenvalue weighted by Crippen LogP contribution is -2.24. The fraction of sp³-hybridized carbons (Fsp3) is 0.0667. The van der Waals surface area contributed by atoms with Crippen LogP contribution in [0.5, 0.6) is 5.75 Å². The van der Waals surface area contributed by atoms with Crippen LogP contribution in [0.4, 0.5) is 5.82 Å². The number of carbonyl (C=O) groups excluding carboxylic acids is 1. The summed E-state index contributed by atoms with van der Waals surface area (Å²) in [5.74, 6) is -4.53. The van der Waals surface area contributed by atoms with Crippen LogP contribution in [0.25, 0.3) is 11.1 Å². The Bertz CT molecular complexity index is 933. The van der Waals surface area contributed by atoms with Crippen LogP contribution in [0, 0.1) is 0 Å². The highest BCUT2D eigenvalue weighted by atomic mass is 16.5. The van der Waals surface area contributed by atoms with Gasteiger partial charge in [0, 0.05) is 11.1 Å². The van der Waals surface area contributed by atoms with E-state index in [0.29, 0.717) is 0 Å². The fourth-order valence-electron chi connectivity index (χ4n) is 2.26. The molecule has 0 aliphatic heterocycles. The third-order valence-electron chi connectivity index (χ3n) is 3.20. The van der Waals surface area contributed by atoms with Gasteiger partial charge in [-0.2, -0.15) is 0 Å². The number of carboxylic acids is 2. The number of pyridine rings is 1. The molecule has 7 N–H and O–H groups in total. The van der Waals surface area contributed by atoms with E-state index in [9.17, 15) is 29.4 Å². The number of primary amides is 1. The van der Waals surface area contributed by atoms with Gasteiger partial charge in [-0.05, 0) is 6.07 Å². The number of hydrogen-bond donors (Lipinski definition) is 5. The average Bonchev–Trinajstić information content (AvgIpc) is 2.51. The fourth-order valence-corrected chi connectivity index (χ4v) is 2.26. The molecule has 10 heteroatoms. The summed E-state index contributed by atoms with van der Waals surface area (Å²) in [6, 6.07) is 5.69. The van der Waals surface area contributed by atoms with Crippen molar-refractivity contribution in [3.8, 4) is 16.9 Å². The van der Waals surface area contributed by atoms with Crippen molar-refractivity contribution in [1.29, 1.82) is 0 Å². The minimum atomic E-state index is -1.65. The minimum absolute atomic E-state index is 0.0312. The zero-order valence-electron chi connectivity index (χ0n) is 12.6. The number of ether oxygens (including phenoxy) is 1. The predicted octanol–water partition coefficient (Wildman–Crippen LogP) is -0.115. The van der Waals surface area contributed by atoms with Crippen LogP contribution in [0.3, 0.4) is 0 Å². The van der Waals surface area contributed by atoms with Crippen LogP contribution in [0.15, 0.2) is 29.1 Å². The Kier molecular flexibility index (Phi) is 4.73. The number of aromatic carboxylic acids is 2. The molecule has 0 aliphatic rings. The standard InChI is InChI=1S/C15H13N3O7/c16-8(19)5-25-7-4-2-1-3-6(7)9-10(14(21)22)12(17)18-13(20)11(9)15(23)24/h1-4H,5H2,(H2,16,19)(H,21,22)(H,23,24)(H3,17,18,20). The van der Waals surface area contributed by atoms with Gasteiger partial charge in [-0.3, -0.25) is 9.59 Å². The summed E-state index contributed by atoms with van der Waals surface area (Å²) in [6.07, 6.45) is 0. The van der Waals surface area contributed by atoms with E-state index in [1.807, 2.05) is 4.98 Å². The topological polar surface area (TPSA) is 186 Å². The van der Waals surface area contributed by atoms with Gasteiger partial charge in [0.25, 0.3) is 11.5 Å². The van der Waals surface area contributed by atoms with Gasteiger partial charge in [0.15, 0.2) is 6.61 Å². The molecule has 1 amide bonds. The summed E-state index contributed by atoms with van der Waals surface area (Å²) in [5.41, 5.74) is 7.61. The van der Waals surface area contributed by atoms with Gasteiger partial charge in [-0.15, -0.1) is 0 Å². The Morgan fingerprint density at radius 2 is 1.68 bits per heavy atom. The lowest BCUT2D eigenvalue weighted by molar-refractivity contribution is -0.119. The Labute approximate surface area is 139 Å². The molecule has 25 heavy (non-hydrogen) atoms. The molecule has 1 heterocycles. The zero-order chi connectivity index (χ0) is 18.7. The Balaban J connectivity index is 2.87. The Morgan fingerprint density at radius 3 is 2.24 bits per heavy atom. The third kappa shape index (κ3) is 3.42. The van der Waals surface area contributed by atoms with Gasteiger partial charge in [0.2, 0.25) is 0 Å². The first kappa shape index (κ1) is 17.5. The van der Waals surface area contributed by atoms with Crippen LogP contribution >= 0.6 is 0 Å². The maximum atomic E-state index is 12.0. The van der Waals surface area contributed by atoms with Gasteiger partial charge >= 0.3 is 11.9 Å². The number of nitrogen functional groups attached to an aromatic ring is 1. The first-order valence-electron chi connectivity index (χ1n) is 6.76. The van der Waals surface area contributed by atoms with Crippen molar-refractivity contribution in [1.82, 2.24) is 4.98 Å². The molecule has 130 valence electrons. The van der Waals surface area contributed by atoms with Crippen molar-refractivity contribution in [2.24, 2.45) is 5.73 Å². The second kappa shape index (κ2) is 6.74. The number of nitrogens with one attached hydrogen (secondary N) is 1. The van der Waals surface area contributed by atoms with Gasteiger partial charge < -0.3 is 31.4 Å². The number of hydrogen-bond acceptors (Lipinski definition) is 6. The van der Waals surface area contributed by atoms with Crippen LogP contribution in [-0.2, 0) is 4.79 Å². The number of H-pyrrole nitrogens is 1. The highest BCUT2D eigenvalue weighted by Crippen LogP contribution is 2.35. The summed E-state index contributed by atoms with van der Waals surface area (Å²) in [5, 5.41) is 18.7. The number of aromatic amines is 1. The van der Waals surface area contributed by atoms with Crippen molar-refractivity contribution >= 4 is 23.7 Å². The lowest BCUT2D eigenvalue weighted by Gasteiger charge is -2.15. The minimum Gasteiger partial charge on any atom is -0.483 e. The van der Waals surface area contributed by atoms with Crippen LogP contribution < -0.4 is 21.8 Å². The van der Waals surface area contributed by atoms with Crippen LogP contribution in [0.1, 0.15) is 20.7 Å². The number of nitrogens with two attached hydrogens (primary N) is 2. The Hall–Kier alpha value is -3.82. The normalized spacial score (nSPS) is 10.2. The molecule has 0 unspecified atom stereocenters. The van der Waals surface area contributed by atoms with E-state index < -0.39 is 52.5 Å². The van der Waals surface area contributed by atoms with E-state index in [2.05, 4.69) is 0 Å². The van der Waals surface area contributed by atoms with Gasteiger partial charge in [0.1, 0.15) is 22.7 Å². The second-order valence-corrected chi connectivity index (χ2v) is 4.85. The van der Waals surface area contributed by atoms with Crippen molar-refractivity contribution < 1.29 is 29.3 Å².